The molecule has 1 heterocycles. The number of ether oxygens (including phenoxy) is 1. The molecule has 3 heteroatoms. The number of rotatable bonds is 3. The average Bonchev–Trinajstić information content (AvgIpc) is 3.14. The lowest BCUT2D eigenvalue weighted by atomic mass is 9.97. The lowest BCUT2D eigenvalue weighted by molar-refractivity contribution is 0.415. The summed E-state index contributed by atoms with van der Waals surface area (Å²) in [5.74, 6) is 1.66. The van der Waals surface area contributed by atoms with Crippen molar-refractivity contribution in [1.82, 2.24) is 0 Å². The first-order valence-electron chi connectivity index (χ1n) is 9.09. The first kappa shape index (κ1) is 16.9. The molecule has 0 atom stereocenters. The van der Waals surface area contributed by atoms with Crippen LogP contribution in [0.2, 0.25) is 5.02 Å². The molecule has 0 fully saturated rings. The molecule has 0 saturated carbocycles. The number of methoxy groups -OCH3 is 1. The topological polar surface area (TPSA) is 22.4 Å². The summed E-state index contributed by atoms with van der Waals surface area (Å²) in [5.41, 5.74) is 4.05. The van der Waals surface area contributed by atoms with Gasteiger partial charge in [0.15, 0.2) is 0 Å². The van der Waals surface area contributed by atoms with Crippen LogP contribution in [0.3, 0.4) is 0 Å². The summed E-state index contributed by atoms with van der Waals surface area (Å²) in [6, 6.07) is 28.4. The summed E-state index contributed by atoms with van der Waals surface area (Å²) in [7, 11) is 1.67. The van der Waals surface area contributed by atoms with Gasteiger partial charge < -0.3 is 9.15 Å². The largest absolute Gasteiger partial charge is 0.497 e. The highest BCUT2D eigenvalue weighted by Crippen LogP contribution is 2.43. The third kappa shape index (κ3) is 2.74. The Hall–Kier alpha value is -3.23. The minimum absolute atomic E-state index is 0.716. The summed E-state index contributed by atoms with van der Waals surface area (Å²) in [6.45, 7) is 0. The summed E-state index contributed by atoms with van der Waals surface area (Å²) in [4.78, 5) is 0. The van der Waals surface area contributed by atoms with E-state index in [1.54, 1.807) is 7.11 Å². The Bertz CT molecular complexity index is 1280. The molecule has 0 aliphatic rings. The molecule has 0 saturated heterocycles. The van der Waals surface area contributed by atoms with Crippen LogP contribution < -0.4 is 4.74 Å². The van der Waals surface area contributed by atoms with Crippen molar-refractivity contribution in [3.05, 3.63) is 90.0 Å². The number of halogens is 1. The second-order valence-corrected chi connectivity index (χ2v) is 7.14. The summed E-state index contributed by atoms with van der Waals surface area (Å²) in [6.07, 6.45) is 0. The predicted molar refractivity (Wildman–Crippen MR) is 116 cm³/mol. The van der Waals surface area contributed by atoms with E-state index in [9.17, 15) is 0 Å². The van der Waals surface area contributed by atoms with Crippen molar-refractivity contribution in [2.45, 2.75) is 0 Å². The van der Waals surface area contributed by atoms with Crippen LogP contribution in [0.4, 0.5) is 0 Å². The maximum Gasteiger partial charge on any atom is 0.143 e. The number of furan rings is 1. The third-order valence-corrected chi connectivity index (χ3v) is 5.32. The molecule has 5 rings (SSSR count). The van der Waals surface area contributed by atoms with Crippen LogP contribution in [-0.4, -0.2) is 7.11 Å². The van der Waals surface area contributed by atoms with Gasteiger partial charge in [-0.2, -0.15) is 0 Å². The van der Waals surface area contributed by atoms with Crippen molar-refractivity contribution >= 4 is 33.3 Å². The molecular formula is C25H17ClO2. The summed E-state index contributed by atoms with van der Waals surface area (Å²) >= 11 is 6.12. The lowest BCUT2D eigenvalue weighted by Gasteiger charge is -2.05. The van der Waals surface area contributed by atoms with Crippen LogP contribution in [0.5, 0.6) is 5.75 Å². The van der Waals surface area contributed by atoms with Gasteiger partial charge >= 0.3 is 0 Å². The van der Waals surface area contributed by atoms with Crippen LogP contribution in [0.25, 0.3) is 44.2 Å². The molecule has 0 unspecified atom stereocenters. The van der Waals surface area contributed by atoms with Crippen LogP contribution in [-0.2, 0) is 0 Å². The van der Waals surface area contributed by atoms with E-state index >= 15 is 0 Å². The molecule has 0 N–H and O–H groups in total. The van der Waals surface area contributed by atoms with Gasteiger partial charge in [-0.3, -0.25) is 0 Å². The van der Waals surface area contributed by atoms with E-state index in [-0.39, 0.29) is 0 Å². The van der Waals surface area contributed by atoms with Gasteiger partial charge in [-0.25, -0.2) is 0 Å². The molecular weight excluding hydrogens is 368 g/mol. The highest BCUT2D eigenvalue weighted by Gasteiger charge is 2.19. The van der Waals surface area contributed by atoms with Gasteiger partial charge in [0.1, 0.15) is 17.1 Å². The average molecular weight is 385 g/mol. The molecule has 0 spiro atoms. The van der Waals surface area contributed by atoms with Crippen LogP contribution in [0, 0.1) is 0 Å². The minimum Gasteiger partial charge on any atom is -0.497 e. The van der Waals surface area contributed by atoms with Crippen molar-refractivity contribution in [1.29, 1.82) is 0 Å². The zero-order chi connectivity index (χ0) is 19.1. The van der Waals surface area contributed by atoms with Crippen LogP contribution in [0.15, 0.2) is 89.3 Å². The van der Waals surface area contributed by atoms with E-state index in [1.165, 1.54) is 0 Å². The summed E-state index contributed by atoms with van der Waals surface area (Å²) < 4.78 is 11.8. The van der Waals surface area contributed by atoms with E-state index in [4.69, 9.17) is 20.8 Å². The van der Waals surface area contributed by atoms with Gasteiger partial charge in [-0.15, -0.1) is 0 Å². The molecule has 1 aromatic heterocycles. The van der Waals surface area contributed by atoms with E-state index in [1.807, 2.05) is 60.7 Å². The summed E-state index contributed by atoms with van der Waals surface area (Å²) in [5, 5.41) is 4.07. The van der Waals surface area contributed by atoms with Gasteiger partial charge in [-0.1, -0.05) is 54.1 Å². The molecule has 0 amide bonds. The third-order valence-electron chi connectivity index (χ3n) is 5.07. The zero-order valence-corrected chi connectivity index (χ0v) is 16.0. The molecule has 5 aromatic rings. The van der Waals surface area contributed by atoms with Crippen molar-refractivity contribution in [3.8, 4) is 28.2 Å². The predicted octanol–water partition coefficient (Wildman–Crippen LogP) is 7.58. The maximum absolute atomic E-state index is 6.48. The monoisotopic (exact) mass is 384 g/mol. The Kier molecular flexibility index (Phi) is 4.07. The standard InChI is InChI=1S/C25H17ClO2/c1-27-20-13-8-18(9-14-20)24-23(17-6-11-19(26)12-7-17)22-15-10-16-4-2-3-5-21(16)25(22)28-24/h2-15H,1H3. The second-order valence-electron chi connectivity index (χ2n) is 6.70. The van der Waals surface area contributed by atoms with Crippen molar-refractivity contribution in [2.24, 2.45) is 0 Å². The van der Waals surface area contributed by atoms with E-state index in [0.717, 1.165) is 49.9 Å². The molecule has 28 heavy (non-hydrogen) atoms. The maximum atomic E-state index is 6.48. The number of benzene rings is 4. The quantitative estimate of drug-likeness (QED) is 0.320. The number of fused-ring (bicyclic) bond motifs is 3. The highest BCUT2D eigenvalue weighted by molar-refractivity contribution is 6.30. The van der Waals surface area contributed by atoms with E-state index in [0.29, 0.717) is 5.02 Å². The Labute approximate surface area is 167 Å². The Balaban J connectivity index is 1.85. The first-order chi connectivity index (χ1) is 13.7. The van der Waals surface area contributed by atoms with Gasteiger partial charge in [0.25, 0.3) is 0 Å². The number of hydrogen-bond donors (Lipinski definition) is 0. The second kappa shape index (κ2) is 6.74. The van der Waals surface area contributed by atoms with Crippen LogP contribution >= 0.6 is 11.6 Å². The fraction of sp³-hybridized carbons (Fsp3) is 0.0400. The molecule has 0 bridgehead atoms. The van der Waals surface area contributed by atoms with Crippen LogP contribution in [0.1, 0.15) is 0 Å². The Morgan fingerprint density at radius 2 is 1.43 bits per heavy atom. The van der Waals surface area contributed by atoms with E-state index < -0.39 is 0 Å². The Morgan fingerprint density at radius 3 is 2.18 bits per heavy atom. The molecule has 136 valence electrons. The molecule has 4 aromatic carbocycles. The minimum atomic E-state index is 0.716. The molecule has 0 radical (unpaired) electrons. The van der Waals surface area contributed by atoms with Crippen molar-refractivity contribution in [2.75, 3.05) is 7.11 Å². The highest BCUT2D eigenvalue weighted by atomic mass is 35.5. The molecule has 0 aliphatic carbocycles. The normalized spacial score (nSPS) is 11.2. The fourth-order valence-electron chi connectivity index (χ4n) is 3.67. The Morgan fingerprint density at radius 1 is 0.714 bits per heavy atom. The molecule has 0 aliphatic heterocycles. The van der Waals surface area contributed by atoms with Gasteiger partial charge in [0.05, 0.1) is 7.11 Å². The van der Waals surface area contributed by atoms with E-state index in [2.05, 4.69) is 24.3 Å². The molecule has 2 nitrogen and oxygen atoms in total. The number of hydrogen-bond acceptors (Lipinski definition) is 2. The van der Waals surface area contributed by atoms with Gasteiger partial charge in [0.2, 0.25) is 0 Å². The lowest BCUT2D eigenvalue weighted by Crippen LogP contribution is -1.84. The van der Waals surface area contributed by atoms with Gasteiger partial charge in [-0.05, 0) is 53.4 Å². The van der Waals surface area contributed by atoms with Gasteiger partial charge in [0, 0.05) is 26.9 Å². The smallest absolute Gasteiger partial charge is 0.143 e. The SMILES string of the molecule is COc1ccc(-c2oc3c(ccc4ccccc43)c2-c2ccc(Cl)cc2)cc1. The first-order valence-corrected chi connectivity index (χ1v) is 9.47. The fourth-order valence-corrected chi connectivity index (χ4v) is 3.80. The van der Waals surface area contributed by atoms with Crippen molar-refractivity contribution in [3.63, 3.8) is 0 Å². The zero-order valence-electron chi connectivity index (χ0n) is 15.3. The van der Waals surface area contributed by atoms with Crippen molar-refractivity contribution < 1.29 is 9.15 Å².